The zero-order valence-electron chi connectivity index (χ0n) is 12.1. The third-order valence-corrected chi connectivity index (χ3v) is 3.57. The molecule has 19 heavy (non-hydrogen) atoms. The fraction of sp³-hybridized carbons (Fsp3) is 0.438. The molecule has 0 aliphatic rings. The van der Waals surface area contributed by atoms with E-state index in [1.165, 1.54) is 10.9 Å². The lowest BCUT2D eigenvalue weighted by atomic mass is 10.0. The lowest BCUT2D eigenvalue weighted by molar-refractivity contribution is 0.251. The van der Waals surface area contributed by atoms with E-state index in [2.05, 4.69) is 54.2 Å². The van der Waals surface area contributed by atoms with Crippen LogP contribution in [0.3, 0.4) is 0 Å². The van der Waals surface area contributed by atoms with Crippen LogP contribution in [0.15, 0.2) is 30.3 Å². The molecular weight excluding hydrogens is 234 g/mol. The summed E-state index contributed by atoms with van der Waals surface area (Å²) in [7, 11) is 2.14. The number of hydrogen-bond donors (Lipinski definition) is 1. The van der Waals surface area contributed by atoms with Gasteiger partial charge in [0.25, 0.3) is 0 Å². The van der Waals surface area contributed by atoms with E-state index in [4.69, 9.17) is 5.73 Å². The van der Waals surface area contributed by atoms with Crippen LogP contribution in [0.5, 0.6) is 0 Å². The van der Waals surface area contributed by atoms with Gasteiger partial charge in [0.1, 0.15) is 0 Å². The maximum Gasteiger partial charge on any atom is 0.0705 e. The van der Waals surface area contributed by atoms with E-state index in [1.807, 2.05) is 6.92 Å². The molecule has 0 fully saturated rings. The summed E-state index contributed by atoms with van der Waals surface area (Å²) in [5, 5.41) is 1.19. The first-order chi connectivity index (χ1) is 9.15. The molecule has 0 saturated heterocycles. The molecule has 1 atom stereocenters. The Bertz CT molecular complexity index is 551. The average Bonchev–Trinajstić information content (AvgIpc) is 2.40. The Morgan fingerprint density at radius 3 is 2.74 bits per heavy atom. The molecule has 0 aliphatic heterocycles. The number of benzene rings is 1. The van der Waals surface area contributed by atoms with Crippen molar-refractivity contribution in [1.82, 2.24) is 9.88 Å². The van der Waals surface area contributed by atoms with Gasteiger partial charge in [-0.15, -0.1) is 0 Å². The molecule has 2 rings (SSSR count). The fourth-order valence-electron chi connectivity index (χ4n) is 2.53. The van der Waals surface area contributed by atoms with Crippen LogP contribution in [0, 0.1) is 6.92 Å². The summed E-state index contributed by atoms with van der Waals surface area (Å²) in [6.45, 7) is 5.91. The predicted octanol–water partition coefficient (Wildman–Crippen LogP) is 2.88. The van der Waals surface area contributed by atoms with E-state index in [1.54, 1.807) is 0 Å². The quantitative estimate of drug-likeness (QED) is 0.895. The zero-order chi connectivity index (χ0) is 13.8. The van der Waals surface area contributed by atoms with Gasteiger partial charge in [0, 0.05) is 23.7 Å². The minimum Gasteiger partial charge on any atom is -0.329 e. The Morgan fingerprint density at radius 2 is 2.05 bits per heavy atom. The third-order valence-electron chi connectivity index (χ3n) is 3.57. The average molecular weight is 257 g/mol. The molecule has 1 heterocycles. The van der Waals surface area contributed by atoms with Crippen molar-refractivity contribution in [3.63, 3.8) is 0 Å². The highest BCUT2D eigenvalue weighted by Gasteiger charge is 2.15. The molecule has 1 unspecified atom stereocenters. The van der Waals surface area contributed by atoms with Crippen LogP contribution in [0.2, 0.25) is 0 Å². The Hall–Kier alpha value is -1.45. The lowest BCUT2D eigenvalue weighted by Crippen LogP contribution is -2.31. The molecule has 3 heteroatoms. The molecule has 3 nitrogen and oxygen atoms in total. The number of aryl methyl sites for hydroxylation is 1. The van der Waals surface area contributed by atoms with Gasteiger partial charge in [-0.3, -0.25) is 9.88 Å². The smallest absolute Gasteiger partial charge is 0.0705 e. The third kappa shape index (κ3) is 3.11. The molecule has 0 bridgehead atoms. The Balaban J connectivity index is 2.35. The van der Waals surface area contributed by atoms with Gasteiger partial charge in [-0.1, -0.05) is 19.1 Å². The number of likely N-dealkylation sites (N-methyl/N-ethyl adjacent to an activating group) is 1. The number of aromatic nitrogens is 1. The molecule has 2 N–H and O–H groups in total. The van der Waals surface area contributed by atoms with Crippen LogP contribution in [-0.2, 0) is 0 Å². The van der Waals surface area contributed by atoms with Crippen molar-refractivity contribution in [3.8, 4) is 0 Å². The number of hydrogen-bond acceptors (Lipinski definition) is 3. The van der Waals surface area contributed by atoms with E-state index in [-0.39, 0.29) is 6.04 Å². The van der Waals surface area contributed by atoms with E-state index in [9.17, 15) is 0 Å². The minimum atomic E-state index is 0.283. The first-order valence-electron chi connectivity index (χ1n) is 6.93. The molecule has 1 aromatic carbocycles. The first-order valence-corrected chi connectivity index (χ1v) is 6.93. The maximum atomic E-state index is 5.95. The van der Waals surface area contributed by atoms with Crippen LogP contribution in [-0.4, -0.2) is 30.0 Å². The second kappa shape index (κ2) is 6.13. The normalized spacial score (nSPS) is 13.1. The van der Waals surface area contributed by atoms with Gasteiger partial charge in [-0.2, -0.15) is 0 Å². The SMILES string of the molecule is CCCN(C)C(CN)c1ccc2nc(C)ccc2c1. The van der Waals surface area contributed by atoms with Crippen molar-refractivity contribution in [2.24, 2.45) is 5.73 Å². The summed E-state index contributed by atoms with van der Waals surface area (Å²) in [6.07, 6.45) is 1.14. The molecule has 0 aliphatic carbocycles. The second-order valence-corrected chi connectivity index (χ2v) is 5.14. The summed E-state index contributed by atoms with van der Waals surface area (Å²) in [6, 6.07) is 10.9. The second-order valence-electron chi connectivity index (χ2n) is 5.14. The van der Waals surface area contributed by atoms with Gasteiger partial charge in [-0.25, -0.2) is 0 Å². The number of nitrogens with zero attached hydrogens (tertiary/aromatic N) is 2. The Morgan fingerprint density at radius 1 is 1.26 bits per heavy atom. The summed E-state index contributed by atoms with van der Waals surface area (Å²) < 4.78 is 0. The van der Waals surface area contributed by atoms with Crippen molar-refractivity contribution >= 4 is 10.9 Å². The predicted molar refractivity (Wildman–Crippen MR) is 81.2 cm³/mol. The van der Waals surface area contributed by atoms with Crippen molar-refractivity contribution in [2.75, 3.05) is 20.1 Å². The zero-order valence-corrected chi connectivity index (χ0v) is 12.1. The first kappa shape index (κ1) is 14.0. The van der Waals surface area contributed by atoms with Gasteiger partial charge in [0.05, 0.1) is 5.52 Å². The van der Waals surface area contributed by atoms with E-state index < -0.39 is 0 Å². The van der Waals surface area contributed by atoms with E-state index in [0.29, 0.717) is 6.54 Å². The van der Waals surface area contributed by atoms with Crippen molar-refractivity contribution < 1.29 is 0 Å². The molecular formula is C16H23N3. The highest BCUT2D eigenvalue weighted by molar-refractivity contribution is 5.79. The monoisotopic (exact) mass is 257 g/mol. The number of nitrogens with two attached hydrogens (primary N) is 1. The molecule has 1 aromatic heterocycles. The summed E-state index contributed by atoms with van der Waals surface area (Å²) in [5.41, 5.74) is 9.33. The molecule has 0 spiro atoms. The standard InChI is InChI=1S/C16H23N3/c1-4-9-19(3)16(11-17)14-7-8-15-13(10-14)6-5-12(2)18-15/h5-8,10,16H,4,9,11,17H2,1-3H3. The van der Waals surface area contributed by atoms with Crippen LogP contribution in [0.1, 0.15) is 30.6 Å². The van der Waals surface area contributed by atoms with Crippen molar-refractivity contribution in [3.05, 3.63) is 41.6 Å². The summed E-state index contributed by atoms with van der Waals surface area (Å²) >= 11 is 0. The van der Waals surface area contributed by atoms with Gasteiger partial charge in [0.15, 0.2) is 0 Å². The molecule has 2 aromatic rings. The number of pyridine rings is 1. The maximum absolute atomic E-state index is 5.95. The minimum absolute atomic E-state index is 0.283. The summed E-state index contributed by atoms with van der Waals surface area (Å²) in [5.74, 6) is 0. The van der Waals surface area contributed by atoms with Gasteiger partial charge < -0.3 is 5.73 Å². The highest BCUT2D eigenvalue weighted by Crippen LogP contribution is 2.23. The van der Waals surface area contributed by atoms with Gasteiger partial charge in [-0.05, 0) is 50.7 Å². The highest BCUT2D eigenvalue weighted by atomic mass is 15.1. The Labute approximate surface area is 115 Å². The van der Waals surface area contributed by atoms with E-state index >= 15 is 0 Å². The summed E-state index contributed by atoms with van der Waals surface area (Å²) in [4.78, 5) is 6.86. The van der Waals surface area contributed by atoms with E-state index in [0.717, 1.165) is 24.2 Å². The van der Waals surface area contributed by atoms with Crippen LogP contribution < -0.4 is 5.73 Å². The van der Waals surface area contributed by atoms with Crippen LogP contribution in [0.25, 0.3) is 10.9 Å². The number of fused-ring (bicyclic) bond motifs is 1. The van der Waals surface area contributed by atoms with Crippen LogP contribution in [0.4, 0.5) is 0 Å². The van der Waals surface area contributed by atoms with Crippen molar-refractivity contribution in [2.45, 2.75) is 26.3 Å². The largest absolute Gasteiger partial charge is 0.329 e. The topological polar surface area (TPSA) is 42.1 Å². The van der Waals surface area contributed by atoms with Crippen LogP contribution >= 0.6 is 0 Å². The Kier molecular flexibility index (Phi) is 4.51. The van der Waals surface area contributed by atoms with Gasteiger partial charge >= 0.3 is 0 Å². The molecule has 0 radical (unpaired) electrons. The lowest BCUT2D eigenvalue weighted by Gasteiger charge is -2.27. The molecule has 0 saturated carbocycles. The van der Waals surface area contributed by atoms with Crippen molar-refractivity contribution in [1.29, 1.82) is 0 Å². The molecule has 102 valence electrons. The van der Waals surface area contributed by atoms with Gasteiger partial charge in [0.2, 0.25) is 0 Å². The number of rotatable bonds is 5. The fourth-order valence-corrected chi connectivity index (χ4v) is 2.53. The molecule has 0 amide bonds.